The van der Waals surface area contributed by atoms with Crippen LogP contribution in [0.1, 0.15) is 67.8 Å². The van der Waals surface area contributed by atoms with Gasteiger partial charge in [-0.3, -0.25) is 9.59 Å². The Labute approximate surface area is 233 Å². The predicted octanol–water partition coefficient (Wildman–Crippen LogP) is 7.95. The number of pyridine rings is 1. The van der Waals surface area contributed by atoms with Crippen molar-refractivity contribution in [2.75, 3.05) is 6.54 Å². The van der Waals surface area contributed by atoms with Crippen molar-refractivity contribution in [3.8, 4) is 22.4 Å². The van der Waals surface area contributed by atoms with Crippen molar-refractivity contribution in [2.45, 2.75) is 58.3 Å². The molecule has 0 aliphatic rings. The number of carboxylic acid groups (broad SMARTS) is 1. The molecule has 0 bridgehead atoms. The first-order valence-electron chi connectivity index (χ1n) is 13.9. The molecule has 0 radical (unpaired) electrons. The van der Waals surface area contributed by atoms with Gasteiger partial charge in [0.05, 0.1) is 16.8 Å². The van der Waals surface area contributed by atoms with E-state index in [1.54, 1.807) is 42.5 Å². The number of aliphatic carboxylic acids is 1. The number of rotatable bonds is 13. The third kappa shape index (κ3) is 7.08. The van der Waals surface area contributed by atoms with Crippen LogP contribution >= 0.6 is 0 Å². The van der Waals surface area contributed by atoms with Crippen molar-refractivity contribution in [3.63, 3.8) is 0 Å². The number of carboxylic acids is 1. The zero-order valence-corrected chi connectivity index (χ0v) is 22.7. The number of carbonyl (C=O) groups excluding carboxylic acids is 1. The Balaban J connectivity index is 1.73. The molecular formula is C33H34F2N2O3. The molecule has 2 N–H and O–H groups in total. The summed E-state index contributed by atoms with van der Waals surface area (Å²) in [6.45, 7) is 2.63. The molecule has 0 saturated heterocycles. The smallest absolute Gasteiger partial charge is 0.303 e. The third-order valence-corrected chi connectivity index (χ3v) is 7.02. The van der Waals surface area contributed by atoms with Crippen LogP contribution in [0.2, 0.25) is 0 Å². The number of nitrogens with one attached hydrogen (secondary N) is 1. The lowest BCUT2D eigenvalue weighted by Gasteiger charge is -2.17. The molecule has 1 heterocycles. The van der Waals surface area contributed by atoms with Crippen molar-refractivity contribution in [1.82, 2.24) is 10.3 Å². The average Bonchev–Trinajstić information content (AvgIpc) is 2.95. The Morgan fingerprint density at radius 2 is 1.57 bits per heavy atom. The molecule has 0 unspecified atom stereocenters. The standard InChI is InChI=1S/C33H34F2N2O3/c1-2-3-4-5-6-9-20-36-33(40)31-26(17-19-30(38)39)32(37-29-18-16-24(34)21-27(29)31)23-14-12-22(13-15-23)25-10-7-8-11-28(25)35/h7-8,10-16,18,21H,2-6,9,17,19-20H2,1H3,(H,36,40)(H,38,39). The summed E-state index contributed by atoms with van der Waals surface area (Å²) in [6, 6.07) is 17.7. The Kier molecular flexibility index (Phi) is 9.95. The highest BCUT2D eigenvalue weighted by Crippen LogP contribution is 2.33. The van der Waals surface area contributed by atoms with E-state index in [9.17, 15) is 23.5 Å². The van der Waals surface area contributed by atoms with Crippen LogP contribution in [-0.4, -0.2) is 28.5 Å². The average molecular weight is 545 g/mol. The molecule has 40 heavy (non-hydrogen) atoms. The molecule has 1 aromatic heterocycles. The van der Waals surface area contributed by atoms with E-state index in [1.807, 2.05) is 0 Å². The van der Waals surface area contributed by atoms with Gasteiger partial charge < -0.3 is 10.4 Å². The molecule has 4 aromatic rings. The maximum Gasteiger partial charge on any atom is 0.303 e. The number of fused-ring (bicyclic) bond motifs is 1. The van der Waals surface area contributed by atoms with Crippen molar-refractivity contribution in [2.24, 2.45) is 0 Å². The number of unbranched alkanes of at least 4 members (excludes halogenated alkanes) is 5. The molecule has 208 valence electrons. The number of carbonyl (C=O) groups is 2. The second-order valence-corrected chi connectivity index (χ2v) is 9.95. The van der Waals surface area contributed by atoms with E-state index >= 15 is 0 Å². The third-order valence-electron chi connectivity index (χ3n) is 7.02. The van der Waals surface area contributed by atoms with Gasteiger partial charge in [-0.05, 0) is 48.2 Å². The van der Waals surface area contributed by atoms with E-state index in [1.165, 1.54) is 30.7 Å². The number of nitrogens with zero attached hydrogens (tertiary/aromatic N) is 1. The number of benzene rings is 3. The molecule has 5 nitrogen and oxygen atoms in total. The Hall–Kier alpha value is -4.13. The fraction of sp³-hybridized carbons (Fsp3) is 0.303. The van der Waals surface area contributed by atoms with E-state index in [0.717, 1.165) is 32.1 Å². The van der Waals surface area contributed by atoms with Gasteiger partial charge in [-0.25, -0.2) is 13.8 Å². The summed E-state index contributed by atoms with van der Waals surface area (Å²) in [7, 11) is 0. The van der Waals surface area contributed by atoms with Gasteiger partial charge >= 0.3 is 5.97 Å². The van der Waals surface area contributed by atoms with Crippen LogP contribution in [0.15, 0.2) is 66.7 Å². The summed E-state index contributed by atoms with van der Waals surface area (Å²) < 4.78 is 28.7. The first kappa shape index (κ1) is 28.9. The predicted molar refractivity (Wildman–Crippen MR) is 154 cm³/mol. The number of amides is 1. The Bertz CT molecular complexity index is 1490. The molecule has 4 rings (SSSR count). The second kappa shape index (κ2) is 13.8. The highest BCUT2D eigenvalue weighted by atomic mass is 19.1. The lowest BCUT2D eigenvalue weighted by Crippen LogP contribution is -2.26. The van der Waals surface area contributed by atoms with E-state index in [2.05, 4.69) is 12.2 Å². The molecule has 0 aliphatic carbocycles. The molecule has 0 aliphatic heterocycles. The first-order valence-corrected chi connectivity index (χ1v) is 13.9. The van der Waals surface area contributed by atoms with Crippen LogP contribution < -0.4 is 5.32 Å². The summed E-state index contributed by atoms with van der Waals surface area (Å²) in [5.74, 6) is -2.24. The van der Waals surface area contributed by atoms with Gasteiger partial charge in [0.1, 0.15) is 11.6 Å². The number of hydrogen-bond acceptors (Lipinski definition) is 3. The number of aromatic nitrogens is 1. The Morgan fingerprint density at radius 1 is 0.875 bits per heavy atom. The zero-order chi connectivity index (χ0) is 28.5. The molecule has 3 aromatic carbocycles. The number of hydrogen-bond donors (Lipinski definition) is 2. The fourth-order valence-corrected chi connectivity index (χ4v) is 4.95. The molecule has 7 heteroatoms. The molecule has 0 fully saturated rings. The largest absolute Gasteiger partial charge is 0.481 e. The van der Waals surface area contributed by atoms with Crippen LogP contribution in [0.4, 0.5) is 8.78 Å². The van der Waals surface area contributed by atoms with Crippen molar-refractivity contribution in [1.29, 1.82) is 0 Å². The van der Waals surface area contributed by atoms with Crippen LogP contribution in [0.5, 0.6) is 0 Å². The lowest BCUT2D eigenvalue weighted by atomic mass is 9.92. The topological polar surface area (TPSA) is 79.3 Å². The van der Waals surface area contributed by atoms with Gasteiger partial charge in [0.2, 0.25) is 0 Å². The van der Waals surface area contributed by atoms with Crippen LogP contribution in [0.3, 0.4) is 0 Å². The monoisotopic (exact) mass is 544 g/mol. The van der Waals surface area contributed by atoms with Gasteiger partial charge in [-0.2, -0.15) is 0 Å². The summed E-state index contributed by atoms with van der Waals surface area (Å²) in [5.41, 5.74) is 3.34. The second-order valence-electron chi connectivity index (χ2n) is 9.95. The molecule has 1 amide bonds. The normalized spacial score (nSPS) is 11.1. The van der Waals surface area contributed by atoms with E-state index in [4.69, 9.17) is 4.98 Å². The van der Waals surface area contributed by atoms with Crippen molar-refractivity contribution in [3.05, 3.63) is 89.5 Å². The minimum Gasteiger partial charge on any atom is -0.481 e. The maximum absolute atomic E-state index is 14.4. The molecule has 0 saturated carbocycles. The summed E-state index contributed by atoms with van der Waals surface area (Å²) in [4.78, 5) is 29.9. The van der Waals surface area contributed by atoms with Crippen LogP contribution in [-0.2, 0) is 11.2 Å². The minimum absolute atomic E-state index is 0.0406. The van der Waals surface area contributed by atoms with Gasteiger partial charge in [0.25, 0.3) is 5.91 Å². The quantitative estimate of drug-likeness (QED) is 0.167. The SMILES string of the molecule is CCCCCCCCNC(=O)c1c(CCC(=O)O)c(-c2ccc(-c3ccccc3F)cc2)nc2ccc(F)cc12. The lowest BCUT2D eigenvalue weighted by molar-refractivity contribution is -0.136. The minimum atomic E-state index is -1.02. The number of halogens is 2. The van der Waals surface area contributed by atoms with Crippen LogP contribution in [0.25, 0.3) is 33.3 Å². The van der Waals surface area contributed by atoms with Gasteiger partial charge in [0, 0.05) is 29.5 Å². The fourth-order valence-electron chi connectivity index (χ4n) is 4.95. The van der Waals surface area contributed by atoms with E-state index < -0.39 is 11.8 Å². The van der Waals surface area contributed by atoms with Gasteiger partial charge in [0.15, 0.2) is 0 Å². The summed E-state index contributed by atoms with van der Waals surface area (Å²) in [6.07, 6.45) is 6.26. The highest BCUT2D eigenvalue weighted by Gasteiger charge is 2.23. The highest BCUT2D eigenvalue weighted by molar-refractivity contribution is 6.09. The molecular weight excluding hydrogens is 510 g/mol. The van der Waals surface area contributed by atoms with Crippen LogP contribution in [0, 0.1) is 11.6 Å². The van der Waals surface area contributed by atoms with E-state index in [0.29, 0.717) is 45.4 Å². The van der Waals surface area contributed by atoms with Gasteiger partial charge in [-0.15, -0.1) is 0 Å². The molecule has 0 atom stereocenters. The first-order chi connectivity index (χ1) is 19.4. The van der Waals surface area contributed by atoms with Crippen molar-refractivity contribution < 1.29 is 23.5 Å². The maximum atomic E-state index is 14.4. The van der Waals surface area contributed by atoms with Gasteiger partial charge in [-0.1, -0.05) is 81.5 Å². The molecule has 0 spiro atoms. The Morgan fingerprint density at radius 3 is 2.30 bits per heavy atom. The zero-order valence-electron chi connectivity index (χ0n) is 22.7. The summed E-state index contributed by atoms with van der Waals surface area (Å²) >= 11 is 0. The van der Waals surface area contributed by atoms with Crippen molar-refractivity contribution >= 4 is 22.8 Å². The summed E-state index contributed by atoms with van der Waals surface area (Å²) in [5, 5.41) is 12.8. The van der Waals surface area contributed by atoms with E-state index in [-0.39, 0.29) is 30.1 Å².